The van der Waals surface area contributed by atoms with Gasteiger partial charge in [-0.1, -0.05) is 18.2 Å². The quantitative estimate of drug-likeness (QED) is 0.756. The third-order valence-electron chi connectivity index (χ3n) is 4.50. The van der Waals surface area contributed by atoms with E-state index in [9.17, 15) is 18.0 Å². The maximum Gasteiger partial charge on any atom is 0.243 e. The van der Waals surface area contributed by atoms with Crippen molar-refractivity contribution < 1.29 is 18.0 Å². The molecule has 1 atom stereocenters. The highest BCUT2D eigenvalue weighted by Crippen LogP contribution is 2.23. The first-order chi connectivity index (χ1) is 13.5. The van der Waals surface area contributed by atoms with Crippen LogP contribution < -0.4 is 10.6 Å². The third kappa shape index (κ3) is 4.93. The van der Waals surface area contributed by atoms with Gasteiger partial charge in [-0.3, -0.25) is 14.6 Å². The molecule has 148 valence electrons. The first-order valence-electron chi connectivity index (χ1n) is 8.99. The highest BCUT2D eigenvalue weighted by molar-refractivity contribution is 7.89. The van der Waals surface area contributed by atoms with Crippen molar-refractivity contribution in [2.24, 2.45) is 5.92 Å². The summed E-state index contributed by atoms with van der Waals surface area (Å²) in [4.78, 5) is 28.5. The molecule has 2 heterocycles. The van der Waals surface area contributed by atoms with E-state index in [1.807, 2.05) is 0 Å². The van der Waals surface area contributed by atoms with Crippen LogP contribution in [0.4, 0.5) is 5.69 Å². The van der Waals surface area contributed by atoms with Crippen LogP contribution in [0.1, 0.15) is 12.8 Å². The number of carbonyl (C=O) groups excluding carboxylic acids is 2. The summed E-state index contributed by atoms with van der Waals surface area (Å²) in [6, 6.07) is 11.6. The number of nitrogens with one attached hydrogen (secondary N) is 2. The van der Waals surface area contributed by atoms with Crippen molar-refractivity contribution >= 4 is 27.5 Å². The van der Waals surface area contributed by atoms with Crippen LogP contribution >= 0.6 is 0 Å². The van der Waals surface area contributed by atoms with Crippen LogP contribution in [0, 0.1) is 5.92 Å². The van der Waals surface area contributed by atoms with Gasteiger partial charge in [0.1, 0.15) is 0 Å². The predicted molar refractivity (Wildman–Crippen MR) is 104 cm³/mol. The average molecular weight is 402 g/mol. The number of hydrogen-bond donors (Lipinski definition) is 2. The lowest BCUT2D eigenvalue weighted by Gasteiger charge is -2.31. The second kappa shape index (κ2) is 8.94. The fraction of sp³-hybridized carbons (Fsp3) is 0.316. The Morgan fingerprint density at radius 3 is 2.64 bits per heavy atom. The van der Waals surface area contributed by atoms with E-state index < -0.39 is 15.9 Å². The standard InChI is InChI=1S/C19H22N4O4S/c24-18(22-16-7-4-10-20-12-16)13-21-19(25)15-6-5-11-23(14-15)28(26,27)17-8-2-1-3-9-17/h1-4,7-10,12,15H,5-6,11,13-14H2,(H,21,25)(H,22,24). The van der Waals surface area contributed by atoms with Crippen molar-refractivity contribution in [3.8, 4) is 0 Å². The molecule has 1 aromatic heterocycles. The van der Waals surface area contributed by atoms with Crippen molar-refractivity contribution in [3.05, 3.63) is 54.9 Å². The van der Waals surface area contributed by atoms with Crippen LogP contribution in [0.2, 0.25) is 0 Å². The van der Waals surface area contributed by atoms with Crippen molar-refractivity contribution in [2.75, 3.05) is 25.0 Å². The van der Waals surface area contributed by atoms with Gasteiger partial charge in [0.15, 0.2) is 0 Å². The van der Waals surface area contributed by atoms with E-state index in [0.29, 0.717) is 25.1 Å². The maximum absolute atomic E-state index is 12.7. The highest BCUT2D eigenvalue weighted by Gasteiger charge is 2.33. The van der Waals surface area contributed by atoms with Crippen molar-refractivity contribution in [1.29, 1.82) is 0 Å². The van der Waals surface area contributed by atoms with Crippen LogP contribution in [-0.4, -0.2) is 49.2 Å². The molecule has 3 rings (SSSR count). The topological polar surface area (TPSA) is 108 Å². The second-order valence-electron chi connectivity index (χ2n) is 6.52. The van der Waals surface area contributed by atoms with Gasteiger partial charge in [-0.2, -0.15) is 4.31 Å². The zero-order valence-corrected chi connectivity index (χ0v) is 16.1. The summed E-state index contributed by atoms with van der Waals surface area (Å²) in [5, 5.41) is 5.22. The Morgan fingerprint density at radius 2 is 1.93 bits per heavy atom. The Hall–Kier alpha value is -2.78. The van der Waals surface area contributed by atoms with Crippen LogP contribution in [0.25, 0.3) is 0 Å². The molecule has 0 saturated carbocycles. The van der Waals surface area contributed by atoms with E-state index in [-0.39, 0.29) is 29.8 Å². The molecular formula is C19H22N4O4S. The molecule has 1 aliphatic rings. The van der Waals surface area contributed by atoms with E-state index in [2.05, 4.69) is 15.6 Å². The summed E-state index contributed by atoms with van der Waals surface area (Å²) in [7, 11) is -3.63. The predicted octanol–water partition coefficient (Wildman–Crippen LogP) is 1.24. The second-order valence-corrected chi connectivity index (χ2v) is 8.46. The molecule has 1 aromatic carbocycles. The molecular weight excluding hydrogens is 380 g/mol. The average Bonchev–Trinajstić information content (AvgIpc) is 2.73. The number of anilines is 1. The zero-order valence-electron chi connectivity index (χ0n) is 15.2. The number of rotatable bonds is 6. The van der Waals surface area contributed by atoms with Gasteiger partial charge in [-0.05, 0) is 37.1 Å². The van der Waals surface area contributed by atoms with Crippen molar-refractivity contribution in [2.45, 2.75) is 17.7 Å². The van der Waals surface area contributed by atoms with E-state index >= 15 is 0 Å². The first kappa shape index (κ1) is 20.0. The number of piperidine rings is 1. The summed E-state index contributed by atoms with van der Waals surface area (Å²) in [5.41, 5.74) is 0.541. The van der Waals surface area contributed by atoms with Crippen LogP contribution in [0.5, 0.6) is 0 Å². The number of aromatic nitrogens is 1. The van der Waals surface area contributed by atoms with Gasteiger partial charge < -0.3 is 10.6 Å². The Balaban J connectivity index is 1.55. The molecule has 2 amide bonds. The summed E-state index contributed by atoms with van der Waals surface area (Å²) < 4.78 is 26.8. The molecule has 0 bridgehead atoms. The largest absolute Gasteiger partial charge is 0.347 e. The van der Waals surface area contributed by atoms with Gasteiger partial charge in [-0.25, -0.2) is 8.42 Å². The minimum atomic E-state index is -3.63. The molecule has 1 unspecified atom stereocenters. The number of benzene rings is 1. The SMILES string of the molecule is O=C(CNC(=O)C1CCCN(S(=O)(=O)c2ccccc2)C1)Nc1cccnc1. The molecule has 0 radical (unpaired) electrons. The normalized spacial score (nSPS) is 17.6. The van der Waals surface area contributed by atoms with Gasteiger partial charge in [0, 0.05) is 19.3 Å². The molecule has 1 aliphatic heterocycles. The number of hydrogen-bond acceptors (Lipinski definition) is 5. The Labute approximate surface area is 164 Å². The van der Waals surface area contributed by atoms with Gasteiger partial charge in [0.2, 0.25) is 21.8 Å². The summed E-state index contributed by atoms with van der Waals surface area (Å²) in [6.07, 6.45) is 4.27. The van der Waals surface area contributed by atoms with Gasteiger partial charge >= 0.3 is 0 Å². The zero-order chi connectivity index (χ0) is 20.0. The highest BCUT2D eigenvalue weighted by atomic mass is 32.2. The third-order valence-corrected chi connectivity index (χ3v) is 6.38. The molecule has 2 N–H and O–H groups in total. The van der Waals surface area contributed by atoms with E-state index in [1.165, 1.54) is 10.5 Å². The van der Waals surface area contributed by atoms with Crippen LogP contribution in [0.15, 0.2) is 59.8 Å². The lowest BCUT2D eigenvalue weighted by molar-refractivity contribution is -0.128. The van der Waals surface area contributed by atoms with E-state index in [0.717, 1.165) is 0 Å². The number of pyridine rings is 1. The van der Waals surface area contributed by atoms with E-state index in [1.54, 1.807) is 48.7 Å². The number of carbonyl (C=O) groups is 2. The minimum absolute atomic E-state index is 0.104. The van der Waals surface area contributed by atoms with Crippen LogP contribution in [0.3, 0.4) is 0 Å². The fourth-order valence-electron chi connectivity index (χ4n) is 3.07. The number of sulfonamides is 1. The molecule has 0 aliphatic carbocycles. The van der Waals surface area contributed by atoms with Crippen molar-refractivity contribution in [3.63, 3.8) is 0 Å². The smallest absolute Gasteiger partial charge is 0.243 e. The Morgan fingerprint density at radius 1 is 1.14 bits per heavy atom. The summed E-state index contributed by atoms with van der Waals surface area (Å²) in [5.74, 6) is -1.18. The molecule has 1 saturated heterocycles. The molecule has 8 nitrogen and oxygen atoms in total. The molecule has 28 heavy (non-hydrogen) atoms. The number of amides is 2. The maximum atomic E-state index is 12.7. The lowest BCUT2D eigenvalue weighted by atomic mass is 9.99. The molecule has 9 heteroatoms. The van der Waals surface area contributed by atoms with E-state index in [4.69, 9.17) is 0 Å². The summed E-state index contributed by atoms with van der Waals surface area (Å²) >= 11 is 0. The molecule has 0 spiro atoms. The van der Waals surface area contributed by atoms with Crippen LogP contribution in [-0.2, 0) is 19.6 Å². The molecule has 2 aromatic rings. The number of nitrogens with zero attached hydrogens (tertiary/aromatic N) is 2. The Kier molecular flexibility index (Phi) is 6.37. The summed E-state index contributed by atoms with van der Waals surface area (Å²) in [6.45, 7) is 0.297. The lowest BCUT2D eigenvalue weighted by Crippen LogP contribution is -2.46. The Bertz CT molecular complexity index is 919. The molecule has 1 fully saturated rings. The van der Waals surface area contributed by atoms with Crippen molar-refractivity contribution in [1.82, 2.24) is 14.6 Å². The monoisotopic (exact) mass is 402 g/mol. The first-order valence-corrected chi connectivity index (χ1v) is 10.4. The van der Waals surface area contributed by atoms with Gasteiger partial charge in [0.25, 0.3) is 0 Å². The fourth-order valence-corrected chi connectivity index (χ4v) is 4.61. The minimum Gasteiger partial charge on any atom is -0.347 e. The van der Waals surface area contributed by atoms with Gasteiger partial charge in [0.05, 0.1) is 29.2 Å². The van der Waals surface area contributed by atoms with Gasteiger partial charge in [-0.15, -0.1) is 0 Å².